The van der Waals surface area contributed by atoms with Crippen LogP contribution in [0.15, 0.2) is 54.7 Å². The van der Waals surface area contributed by atoms with Gasteiger partial charge in [-0.15, -0.1) is 0 Å². The number of nitrogens with one attached hydrogen (secondary N) is 4. The average molecular weight is 597 g/mol. The number of aromatic amines is 1. The van der Waals surface area contributed by atoms with Crippen LogP contribution in [0.3, 0.4) is 0 Å². The number of aromatic hydroxyl groups is 1. The number of amides is 4. The summed E-state index contributed by atoms with van der Waals surface area (Å²) < 4.78 is 0. The van der Waals surface area contributed by atoms with Crippen molar-refractivity contribution in [3.63, 3.8) is 0 Å². The van der Waals surface area contributed by atoms with E-state index in [1.807, 2.05) is 0 Å². The molecule has 0 bridgehead atoms. The predicted octanol–water partition coefficient (Wildman–Crippen LogP) is -1.12. The second-order valence-corrected chi connectivity index (χ2v) is 9.83. The molecule has 0 aliphatic rings. The highest BCUT2D eigenvalue weighted by Gasteiger charge is 2.32. The Morgan fingerprint density at radius 3 is 1.95 bits per heavy atom. The van der Waals surface area contributed by atoms with E-state index in [1.54, 1.807) is 30.5 Å². The Morgan fingerprint density at radius 2 is 1.35 bits per heavy atom. The maximum absolute atomic E-state index is 13.6. The second kappa shape index (κ2) is 14.5. The Labute approximate surface area is 244 Å². The van der Waals surface area contributed by atoms with Crippen LogP contribution < -0.4 is 27.4 Å². The van der Waals surface area contributed by atoms with Crippen LogP contribution in [-0.4, -0.2) is 80.0 Å². The number of para-hydroxylation sites is 1. The van der Waals surface area contributed by atoms with E-state index in [2.05, 4.69) is 20.9 Å². The third kappa shape index (κ3) is 9.29. The molecule has 3 aromatic rings. The largest absolute Gasteiger partial charge is 0.508 e. The van der Waals surface area contributed by atoms with Crippen LogP contribution in [-0.2, 0) is 41.6 Å². The molecule has 0 aliphatic carbocycles. The van der Waals surface area contributed by atoms with E-state index in [1.165, 1.54) is 24.3 Å². The second-order valence-electron chi connectivity index (χ2n) is 9.83. The molecule has 0 saturated heterocycles. The standard InChI is InChI=1S/C28H32N6O9/c29-18(11-23(30)36)25(39)32-20(9-14-5-7-16(35)8-6-14)26(40)33-21(27(41)34-22(28(42)43)12-24(37)38)10-15-13-31-19-4-2-1-3-17(15)19/h1-8,13,18,20-22,31,35H,9-12,29H2,(H2,30,36)(H,32,39)(H,33,40)(H,34,41)(H,37,38)(H,42,43). The number of benzene rings is 2. The van der Waals surface area contributed by atoms with Crippen LogP contribution in [0, 0.1) is 0 Å². The molecule has 4 unspecified atom stereocenters. The predicted molar refractivity (Wildman–Crippen MR) is 151 cm³/mol. The van der Waals surface area contributed by atoms with Gasteiger partial charge in [0.2, 0.25) is 23.6 Å². The molecule has 3 rings (SSSR count). The van der Waals surface area contributed by atoms with E-state index in [4.69, 9.17) is 16.6 Å². The van der Waals surface area contributed by atoms with Gasteiger partial charge in [0.05, 0.1) is 18.9 Å². The Hall–Kier alpha value is -5.44. The van der Waals surface area contributed by atoms with Gasteiger partial charge in [-0.1, -0.05) is 30.3 Å². The molecule has 4 amide bonds. The summed E-state index contributed by atoms with van der Waals surface area (Å²) in [5.74, 6) is -6.65. The zero-order chi connectivity index (χ0) is 31.7. The molecule has 1 heterocycles. The van der Waals surface area contributed by atoms with Gasteiger partial charge in [-0.3, -0.25) is 24.0 Å². The number of hydrogen-bond acceptors (Lipinski definition) is 8. The summed E-state index contributed by atoms with van der Waals surface area (Å²) in [6, 6.07) is 6.95. The van der Waals surface area contributed by atoms with Crippen LogP contribution in [0.1, 0.15) is 24.0 Å². The number of H-pyrrole nitrogens is 1. The molecule has 0 fully saturated rings. The third-order valence-corrected chi connectivity index (χ3v) is 6.49. The van der Waals surface area contributed by atoms with Gasteiger partial charge in [-0.2, -0.15) is 0 Å². The summed E-state index contributed by atoms with van der Waals surface area (Å²) >= 11 is 0. The normalized spacial score (nSPS) is 13.7. The van der Waals surface area contributed by atoms with Gasteiger partial charge in [-0.05, 0) is 29.3 Å². The lowest BCUT2D eigenvalue weighted by molar-refractivity contribution is -0.147. The van der Waals surface area contributed by atoms with Crippen LogP contribution in [0.25, 0.3) is 10.9 Å². The molecular weight excluding hydrogens is 564 g/mol. The van der Waals surface area contributed by atoms with Gasteiger partial charge < -0.3 is 47.7 Å². The number of aliphatic carboxylic acids is 2. The van der Waals surface area contributed by atoms with Crippen molar-refractivity contribution >= 4 is 46.5 Å². The highest BCUT2D eigenvalue weighted by Crippen LogP contribution is 2.20. The molecule has 15 heteroatoms. The van der Waals surface area contributed by atoms with Crippen molar-refractivity contribution in [2.24, 2.45) is 11.5 Å². The molecule has 1 aromatic heterocycles. The van der Waals surface area contributed by atoms with E-state index >= 15 is 0 Å². The van der Waals surface area contributed by atoms with Crippen molar-refractivity contribution in [3.05, 3.63) is 65.9 Å². The molecule has 11 N–H and O–H groups in total. The number of carboxylic acid groups (broad SMARTS) is 2. The summed E-state index contributed by atoms with van der Waals surface area (Å²) in [4.78, 5) is 76.7. The number of fused-ring (bicyclic) bond motifs is 1. The fourth-order valence-corrected chi connectivity index (χ4v) is 4.31. The number of rotatable bonds is 15. The van der Waals surface area contributed by atoms with E-state index in [0.717, 1.165) is 10.9 Å². The summed E-state index contributed by atoms with van der Waals surface area (Å²) in [6.45, 7) is 0. The van der Waals surface area contributed by atoms with Gasteiger partial charge >= 0.3 is 11.9 Å². The van der Waals surface area contributed by atoms with Crippen molar-refractivity contribution in [1.29, 1.82) is 0 Å². The molecule has 2 aromatic carbocycles. The number of nitrogens with two attached hydrogens (primary N) is 2. The third-order valence-electron chi connectivity index (χ3n) is 6.49. The lowest BCUT2D eigenvalue weighted by Crippen LogP contribution is -2.58. The number of primary amides is 1. The van der Waals surface area contributed by atoms with Crippen molar-refractivity contribution in [3.8, 4) is 5.75 Å². The molecule has 0 aliphatic heterocycles. The molecule has 0 saturated carbocycles. The zero-order valence-electron chi connectivity index (χ0n) is 22.8. The zero-order valence-corrected chi connectivity index (χ0v) is 22.8. The summed E-state index contributed by atoms with van der Waals surface area (Å²) in [6.07, 6.45) is -0.0553. The Bertz CT molecular complexity index is 1500. The summed E-state index contributed by atoms with van der Waals surface area (Å²) in [5.41, 5.74) is 12.7. The van der Waals surface area contributed by atoms with Crippen molar-refractivity contribution in [1.82, 2.24) is 20.9 Å². The first-order valence-electron chi connectivity index (χ1n) is 13.1. The first-order valence-corrected chi connectivity index (χ1v) is 13.1. The van der Waals surface area contributed by atoms with E-state index in [0.29, 0.717) is 11.1 Å². The Morgan fingerprint density at radius 1 is 0.767 bits per heavy atom. The number of phenols is 1. The molecule has 0 radical (unpaired) electrons. The van der Waals surface area contributed by atoms with E-state index in [-0.39, 0.29) is 18.6 Å². The van der Waals surface area contributed by atoms with Crippen molar-refractivity contribution in [2.45, 2.75) is 49.9 Å². The number of carbonyl (C=O) groups is 6. The van der Waals surface area contributed by atoms with Crippen LogP contribution in [0.2, 0.25) is 0 Å². The molecule has 4 atom stereocenters. The fourth-order valence-electron chi connectivity index (χ4n) is 4.31. The van der Waals surface area contributed by atoms with Gasteiger partial charge in [-0.25, -0.2) is 4.79 Å². The molecule has 15 nitrogen and oxygen atoms in total. The number of carbonyl (C=O) groups excluding carboxylic acids is 4. The first kappa shape index (κ1) is 32.1. The summed E-state index contributed by atoms with van der Waals surface area (Å²) in [7, 11) is 0. The highest BCUT2D eigenvalue weighted by atomic mass is 16.4. The molecule has 228 valence electrons. The molecular formula is C28H32N6O9. The van der Waals surface area contributed by atoms with Gasteiger partial charge in [0.25, 0.3) is 0 Å². The maximum atomic E-state index is 13.6. The number of phenolic OH excluding ortho intramolecular Hbond substituents is 1. The minimum absolute atomic E-state index is 0.0397. The number of carboxylic acids is 2. The molecule has 0 spiro atoms. The van der Waals surface area contributed by atoms with Crippen LogP contribution in [0.4, 0.5) is 0 Å². The monoisotopic (exact) mass is 596 g/mol. The van der Waals surface area contributed by atoms with Crippen molar-refractivity contribution in [2.75, 3.05) is 0 Å². The van der Waals surface area contributed by atoms with Gasteiger partial charge in [0.15, 0.2) is 0 Å². The maximum Gasteiger partial charge on any atom is 0.326 e. The first-order chi connectivity index (χ1) is 20.3. The number of aromatic nitrogens is 1. The Kier molecular flexibility index (Phi) is 10.8. The van der Waals surface area contributed by atoms with Crippen LogP contribution in [0.5, 0.6) is 5.75 Å². The lowest BCUT2D eigenvalue weighted by Gasteiger charge is -2.25. The lowest BCUT2D eigenvalue weighted by atomic mass is 10.0. The smallest absolute Gasteiger partial charge is 0.326 e. The van der Waals surface area contributed by atoms with Crippen molar-refractivity contribution < 1.29 is 44.1 Å². The van der Waals surface area contributed by atoms with E-state index in [9.17, 15) is 39.0 Å². The topological polar surface area (TPSA) is 267 Å². The summed E-state index contributed by atoms with van der Waals surface area (Å²) in [5, 5.41) is 36.0. The average Bonchev–Trinajstić information content (AvgIpc) is 3.35. The van der Waals surface area contributed by atoms with Crippen LogP contribution >= 0.6 is 0 Å². The minimum atomic E-state index is -1.79. The van der Waals surface area contributed by atoms with Gasteiger partial charge in [0, 0.05) is 29.9 Å². The van der Waals surface area contributed by atoms with Gasteiger partial charge in [0.1, 0.15) is 23.9 Å². The quantitative estimate of drug-likeness (QED) is 0.102. The number of hydrogen-bond donors (Lipinski definition) is 9. The fraction of sp³-hybridized carbons (Fsp3) is 0.286. The SMILES string of the molecule is NC(=O)CC(N)C(=O)NC(Cc1ccc(O)cc1)C(=O)NC(Cc1c[nH]c2ccccc12)C(=O)NC(CC(=O)O)C(=O)O. The minimum Gasteiger partial charge on any atom is -0.508 e. The molecule has 43 heavy (non-hydrogen) atoms. The van der Waals surface area contributed by atoms with E-state index < -0.39 is 72.6 Å². The Balaban J connectivity index is 1.92. The highest BCUT2D eigenvalue weighted by molar-refractivity contribution is 5.96.